The second-order valence-corrected chi connectivity index (χ2v) is 4.78. The van der Waals surface area contributed by atoms with E-state index < -0.39 is 5.97 Å². The zero-order chi connectivity index (χ0) is 12.4. The van der Waals surface area contributed by atoms with Crippen LogP contribution < -0.4 is 10.6 Å². The van der Waals surface area contributed by atoms with Crippen LogP contribution in [0.2, 0.25) is 0 Å². The van der Waals surface area contributed by atoms with Gasteiger partial charge in [0.05, 0.1) is 11.3 Å². The van der Waals surface area contributed by atoms with Crippen molar-refractivity contribution in [1.29, 1.82) is 0 Å². The molecule has 17 heavy (non-hydrogen) atoms. The maximum absolute atomic E-state index is 11.5. The highest BCUT2D eigenvalue weighted by Gasteiger charge is 2.23. The molecule has 0 aromatic heterocycles. The zero-order valence-electron chi connectivity index (χ0n) is 8.87. The summed E-state index contributed by atoms with van der Waals surface area (Å²) in [6, 6.07) is 4.49. The van der Waals surface area contributed by atoms with Gasteiger partial charge >= 0.3 is 12.0 Å². The maximum Gasteiger partial charge on any atom is 0.337 e. The van der Waals surface area contributed by atoms with Crippen molar-refractivity contribution in [3.8, 4) is 0 Å². The molecule has 0 bridgehead atoms. The maximum atomic E-state index is 11.5. The first-order chi connectivity index (χ1) is 8.06. The molecule has 1 saturated carbocycles. The van der Waals surface area contributed by atoms with Crippen LogP contribution in [0.5, 0.6) is 0 Å². The monoisotopic (exact) mass is 298 g/mol. The molecular formula is C11H11BrN2O3. The minimum atomic E-state index is -1.07. The van der Waals surface area contributed by atoms with Crippen molar-refractivity contribution in [2.75, 3.05) is 5.32 Å². The first kappa shape index (κ1) is 11.9. The quantitative estimate of drug-likeness (QED) is 0.802. The Morgan fingerprint density at radius 1 is 1.35 bits per heavy atom. The Hall–Kier alpha value is -1.56. The number of urea groups is 1. The van der Waals surface area contributed by atoms with Crippen molar-refractivity contribution in [2.45, 2.75) is 18.9 Å². The molecule has 2 rings (SSSR count). The summed E-state index contributed by atoms with van der Waals surface area (Å²) in [5.41, 5.74) is 0.351. The average molecular weight is 299 g/mol. The second-order valence-electron chi connectivity index (χ2n) is 3.87. The summed E-state index contributed by atoms with van der Waals surface area (Å²) in [5, 5.41) is 14.2. The largest absolute Gasteiger partial charge is 0.478 e. The Morgan fingerprint density at radius 2 is 2.06 bits per heavy atom. The van der Waals surface area contributed by atoms with E-state index in [9.17, 15) is 9.59 Å². The number of carbonyl (C=O) groups excluding carboxylic acids is 1. The van der Waals surface area contributed by atoms with Gasteiger partial charge in [-0.2, -0.15) is 0 Å². The average Bonchev–Trinajstić information content (AvgIpc) is 3.00. The molecule has 90 valence electrons. The molecule has 0 heterocycles. The van der Waals surface area contributed by atoms with Crippen molar-refractivity contribution in [3.63, 3.8) is 0 Å². The third kappa shape index (κ3) is 3.20. The predicted molar refractivity (Wildman–Crippen MR) is 66.3 cm³/mol. The first-order valence-electron chi connectivity index (χ1n) is 5.16. The molecule has 0 radical (unpaired) electrons. The number of hydrogen-bond acceptors (Lipinski definition) is 2. The number of aromatic carboxylic acids is 1. The summed E-state index contributed by atoms with van der Waals surface area (Å²) in [6.45, 7) is 0. The highest BCUT2D eigenvalue weighted by molar-refractivity contribution is 9.10. The predicted octanol–water partition coefficient (Wildman–Crippen LogP) is 2.43. The molecule has 0 unspecified atom stereocenters. The van der Waals surface area contributed by atoms with Gasteiger partial charge in [0.2, 0.25) is 0 Å². The third-order valence-corrected chi connectivity index (χ3v) is 2.87. The van der Waals surface area contributed by atoms with Gasteiger partial charge in [0.1, 0.15) is 0 Å². The number of amides is 2. The van der Waals surface area contributed by atoms with E-state index in [1.54, 1.807) is 12.1 Å². The van der Waals surface area contributed by atoms with Crippen LogP contribution in [-0.2, 0) is 0 Å². The summed E-state index contributed by atoms with van der Waals surface area (Å²) in [5.74, 6) is -1.07. The molecule has 6 heteroatoms. The molecule has 0 saturated heterocycles. The molecular weight excluding hydrogens is 288 g/mol. The Morgan fingerprint density at radius 3 is 2.65 bits per heavy atom. The number of rotatable bonds is 3. The highest BCUT2D eigenvalue weighted by atomic mass is 79.9. The van der Waals surface area contributed by atoms with Gasteiger partial charge in [0.25, 0.3) is 0 Å². The first-order valence-corrected chi connectivity index (χ1v) is 5.96. The number of benzene rings is 1. The van der Waals surface area contributed by atoms with Crippen molar-refractivity contribution in [1.82, 2.24) is 5.32 Å². The molecule has 1 fully saturated rings. The Kier molecular flexibility index (Phi) is 3.33. The lowest BCUT2D eigenvalue weighted by molar-refractivity contribution is 0.0698. The Labute approximate surface area is 106 Å². The zero-order valence-corrected chi connectivity index (χ0v) is 10.5. The smallest absolute Gasteiger partial charge is 0.337 e. The summed E-state index contributed by atoms with van der Waals surface area (Å²) in [7, 11) is 0. The van der Waals surface area contributed by atoms with Crippen LogP contribution in [0.15, 0.2) is 22.7 Å². The standard InChI is InChI=1S/C11H11BrN2O3/c12-6-1-4-8(10(15)16)9(5-6)14-11(17)13-7-2-3-7/h1,4-5,7H,2-3H2,(H,15,16)(H2,13,14,17). The van der Waals surface area contributed by atoms with E-state index in [0.29, 0.717) is 4.47 Å². The molecule has 2 amide bonds. The topological polar surface area (TPSA) is 78.4 Å². The molecule has 0 atom stereocenters. The van der Waals surface area contributed by atoms with Crippen LogP contribution >= 0.6 is 15.9 Å². The molecule has 0 aliphatic heterocycles. The molecule has 1 aliphatic carbocycles. The molecule has 1 aromatic carbocycles. The van der Waals surface area contributed by atoms with E-state index >= 15 is 0 Å². The number of halogens is 1. The minimum Gasteiger partial charge on any atom is -0.478 e. The van der Waals surface area contributed by atoms with Gasteiger partial charge in [0.15, 0.2) is 0 Å². The van der Waals surface area contributed by atoms with Crippen LogP contribution in [0.3, 0.4) is 0 Å². The lowest BCUT2D eigenvalue weighted by Gasteiger charge is -2.09. The molecule has 5 nitrogen and oxygen atoms in total. The summed E-state index contributed by atoms with van der Waals surface area (Å²) < 4.78 is 0.712. The highest BCUT2D eigenvalue weighted by Crippen LogP contribution is 2.22. The van der Waals surface area contributed by atoms with Crippen molar-refractivity contribution in [3.05, 3.63) is 28.2 Å². The van der Waals surface area contributed by atoms with Gasteiger partial charge in [-0.25, -0.2) is 9.59 Å². The lowest BCUT2D eigenvalue weighted by atomic mass is 10.2. The van der Waals surface area contributed by atoms with Crippen LogP contribution in [-0.4, -0.2) is 23.1 Å². The Balaban J connectivity index is 2.14. The fraction of sp³-hybridized carbons (Fsp3) is 0.273. The van der Waals surface area contributed by atoms with E-state index in [0.717, 1.165) is 12.8 Å². The number of hydrogen-bond donors (Lipinski definition) is 3. The summed E-state index contributed by atoms with van der Waals surface area (Å²) in [6.07, 6.45) is 1.97. The summed E-state index contributed by atoms with van der Waals surface area (Å²) >= 11 is 3.23. The number of anilines is 1. The normalized spacial score (nSPS) is 14.2. The number of nitrogens with one attached hydrogen (secondary N) is 2. The molecule has 3 N–H and O–H groups in total. The van der Waals surface area contributed by atoms with E-state index in [1.165, 1.54) is 6.07 Å². The van der Waals surface area contributed by atoms with Gasteiger partial charge < -0.3 is 15.7 Å². The van der Waals surface area contributed by atoms with Gasteiger partial charge in [0, 0.05) is 10.5 Å². The second kappa shape index (κ2) is 4.75. The van der Waals surface area contributed by atoms with Crippen LogP contribution in [0.1, 0.15) is 23.2 Å². The van der Waals surface area contributed by atoms with E-state index in [4.69, 9.17) is 5.11 Å². The van der Waals surface area contributed by atoms with Gasteiger partial charge in [-0.15, -0.1) is 0 Å². The van der Waals surface area contributed by atoms with Crippen molar-refractivity contribution in [2.24, 2.45) is 0 Å². The van der Waals surface area contributed by atoms with Gasteiger partial charge in [-0.05, 0) is 31.0 Å². The molecule has 1 aromatic rings. The van der Waals surface area contributed by atoms with Gasteiger partial charge in [-0.1, -0.05) is 15.9 Å². The van der Waals surface area contributed by atoms with Crippen LogP contribution in [0, 0.1) is 0 Å². The van der Waals surface area contributed by atoms with E-state index in [-0.39, 0.29) is 23.3 Å². The van der Waals surface area contributed by atoms with E-state index in [1.807, 2.05) is 0 Å². The number of carbonyl (C=O) groups is 2. The lowest BCUT2D eigenvalue weighted by Crippen LogP contribution is -2.31. The molecule has 0 spiro atoms. The van der Waals surface area contributed by atoms with Gasteiger partial charge in [-0.3, -0.25) is 0 Å². The van der Waals surface area contributed by atoms with Crippen LogP contribution in [0.4, 0.5) is 10.5 Å². The number of carboxylic acids is 1. The van der Waals surface area contributed by atoms with Crippen molar-refractivity contribution >= 4 is 33.6 Å². The number of carboxylic acid groups (broad SMARTS) is 1. The summed E-state index contributed by atoms with van der Waals surface area (Å²) in [4.78, 5) is 22.5. The van der Waals surface area contributed by atoms with Crippen LogP contribution in [0.25, 0.3) is 0 Å². The fourth-order valence-corrected chi connectivity index (χ4v) is 1.74. The molecule has 1 aliphatic rings. The minimum absolute atomic E-state index is 0.0687. The van der Waals surface area contributed by atoms with E-state index in [2.05, 4.69) is 26.6 Å². The van der Waals surface area contributed by atoms with Crippen molar-refractivity contribution < 1.29 is 14.7 Å². The fourth-order valence-electron chi connectivity index (χ4n) is 1.38. The SMILES string of the molecule is O=C(Nc1cc(Br)ccc1C(=O)O)NC1CC1. The Bertz CT molecular complexity index is 472. The third-order valence-electron chi connectivity index (χ3n) is 2.37.